The second-order valence-corrected chi connectivity index (χ2v) is 20.6. The number of rotatable bonds is 5. The molecule has 3 saturated heterocycles. The maximum absolute atomic E-state index is 16.4. The Hall–Kier alpha value is -5.29. The Morgan fingerprint density at radius 2 is 1.62 bits per heavy atom. The SMILES string of the molecule is CC1(C#Cc2cccc3c2CN(C2CCC(=O)NC2=O)C3=O)CCN(C(=O)C2CCC(NC(=O)[C@@H]3NC4(CCCCC4)[C@@]4(C(=O)Nc5cc(Cl)ccc54)[C@H]3c3cccc(Cl)c3F)CC2)CC1. The second-order valence-electron chi connectivity index (χ2n) is 19.8. The molecule has 10 rings (SSSR count). The van der Waals surface area contributed by atoms with E-state index < -0.39 is 40.7 Å². The van der Waals surface area contributed by atoms with E-state index in [0.29, 0.717) is 92.7 Å². The zero-order chi connectivity index (χ0) is 46.1. The molecule has 66 heavy (non-hydrogen) atoms. The van der Waals surface area contributed by atoms with Gasteiger partial charge in [-0.05, 0) is 112 Å². The number of piperidine rings is 2. The Balaban J connectivity index is 0.797. The van der Waals surface area contributed by atoms with E-state index >= 15 is 4.39 Å². The third-order valence-corrected chi connectivity index (χ3v) is 16.5. The number of fused-ring (bicyclic) bond motifs is 4. The summed E-state index contributed by atoms with van der Waals surface area (Å²) in [5, 5.41) is 12.8. The quantitative estimate of drug-likeness (QED) is 0.160. The average molecular weight is 936 g/mol. The first kappa shape index (κ1) is 44.5. The van der Waals surface area contributed by atoms with E-state index in [1.807, 2.05) is 17.0 Å². The van der Waals surface area contributed by atoms with Gasteiger partial charge in [0.2, 0.25) is 29.5 Å². The fourth-order valence-electron chi connectivity index (χ4n) is 12.5. The molecular formula is C51H53Cl2FN6O6. The molecule has 5 fully saturated rings. The van der Waals surface area contributed by atoms with E-state index in [-0.39, 0.29) is 70.5 Å². The molecule has 3 aromatic rings. The summed E-state index contributed by atoms with van der Waals surface area (Å²) in [5.41, 5.74) is 1.03. The van der Waals surface area contributed by atoms with Gasteiger partial charge in [0.25, 0.3) is 5.91 Å². The van der Waals surface area contributed by atoms with Crippen LogP contribution in [0.25, 0.3) is 0 Å². The number of halogens is 3. The Kier molecular flexibility index (Phi) is 11.5. The summed E-state index contributed by atoms with van der Waals surface area (Å²) >= 11 is 12.9. The molecule has 0 aromatic heterocycles. The number of amides is 6. The van der Waals surface area contributed by atoms with Crippen molar-refractivity contribution in [3.63, 3.8) is 0 Å². The van der Waals surface area contributed by atoms with Crippen molar-refractivity contribution in [1.29, 1.82) is 0 Å². The molecule has 1 unspecified atom stereocenters. The van der Waals surface area contributed by atoms with Crippen LogP contribution in [-0.4, -0.2) is 82.0 Å². The molecule has 0 radical (unpaired) electrons. The van der Waals surface area contributed by atoms with Gasteiger partial charge in [-0.15, -0.1) is 0 Å². The molecule has 344 valence electrons. The molecule has 3 aromatic carbocycles. The van der Waals surface area contributed by atoms with Gasteiger partial charge in [0.05, 0.1) is 11.1 Å². The summed E-state index contributed by atoms with van der Waals surface area (Å²) < 4.78 is 16.4. The fraction of sp³-hybridized carbons (Fsp3) is 0.490. The fourth-order valence-corrected chi connectivity index (χ4v) is 12.9. The summed E-state index contributed by atoms with van der Waals surface area (Å²) in [6.45, 7) is 3.49. The number of hydrogen-bond donors (Lipinski definition) is 4. The van der Waals surface area contributed by atoms with Gasteiger partial charge in [-0.1, -0.05) is 78.6 Å². The topological polar surface area (TPSA) is 157 Å². The molecule has 2 aliphatic carbocycles. The zero-order valence-electron chi connectivity index (χ0n) is 36.9. The van der Waals surface area contributed by atoms with Crippen molar-refractivity contribution in [2.45, 2.75) is 132 Å². The highest BCUT2D eigenvalue weighted by Gasteiger charge is 2.72. The van der Waals surface area contributed by atoms with Crippen LogP contribution < -0.4 is 21.3 Å². The normalized spacial score (nSPS) is 28.6. The Morgan fingerprint density at radius 3 is 2.36 bits per heavy atom. The van der Waals surface area contributed by atoms with Crippen LogP contribution in [-0.2, 0) is 35.9 Å². The number of imide groups is 1. The van der Waals surface area contributed by atoms with Crippen LogP contribution in [0.1, 0.15) is 129 Å². The van der Waals surface area contributed by atoms with E-state index in [1.165, 1.54) is 11.0 Å². The Bertz CT molecular complexity index is 2620. The Morgan fingerprint density at radius 1 is 0.879 bits per heavy atom. The van der Waals surface area contributed by atoms with E-state index in [4.69, 9.17) is 23.2 Å². The summed E-state index contributed by atoms with van der Waals surface area (Å²) in [5.74, 6) is 3.59. The highest BCUT2D eigenvalue weighted by atomic mass is 35.5. The van der Waals surface area contributed by atoms with E-state index in [2.05, 4.69) is 40.0 Å². The van der Waals surface area contributed by atoms with Crippen LogP contribution in [0.15, 0.2) is 54.6 Å². The number of likely N-dealkylation sites (tertiary alicyclic amines) is 1. The molecule has 5 heterocycles. The van der Waals surface area contributed by atoms with Crippen molar-refractivity contribution in [1.82, 2.24) is 25.8 Å². The van der Waals surface area contributed by atoms with Crippen molar-refractivity contribution < 1.29 is 33.2 Å². The molecule has 5 aliphatic heterocycles. The van der Waals surface area contributed by atoms with Crippen LogP contribution in [0.5, 0.6) is 0 Å². The van der Waals surface area contributed by atoms with Crippen LogP contribution in [0, 0.1) is 29.0 Å². The van der Waals surface area contributed by atoms with Gasteiger partial charge in [-0.2, -0.15) is 0 Å². The minimum absolute atomic E-state index is 0.0780. The lowest BCUT2D eigenvalue weighted by molar-refractivity contribution is -0.139. The molecular weight excluding hydrogens is 883 g/mol. The van der Waals surface area contributed by atoms with Crippen LogP contribution in [0.2, 0.25) is 10.0 Å². The summed E-state index contributed by atoms with van der Waals surface area (Å²) in [6, 6.07) is 13.7. The number of carbonyl (C=O) groups excluding carboxylic acids is 6. The van der Waals surface area contributed by atoms with Gasteiger partial charge in [-0.25, -0.2) is 4.39 Å². The monoisotopic (exact) mass is 934 g/mol. The number of nitrogens with one attached hydrogen (secondary N) is 4. The molecule has 15 heteroatoms. The van der Waals surface area contributed by atoms with Crippen molar-refractivity contribution in [3.8, 4) is 11.8 Å². The van der Waals surface area contributed by atoms with Crippen LogP contribution in [0.3, 0.4) is 0 Å². The van der Waals surface area contributed by atoms with E-state index in [0.717, 1.165) is 30.4 Å². The van der Waals surface area contributed by atoms with E-state index in [1.54, 1.807) is 36.4 Å². The number of anilines is 1. The predicted octanol–water partition coefficient (Wildman–Crippen LogP) is 6.90. The highest BCUT2D eigenvalue weighted by molar-refractivity contribution is 6.31. The largest absolute Gasteiger partial charge is 0.352 e. The number of nitrogens with zero attached hydrogens (tertiary/aromatic N) is 2. The lowest BCUT2D eigenvalue weighted by atomic mass is 9.55. The number of benzene rings is 3. The van der Waals surface area contributed by atoms with Crippen molar-refractivity contribution in [2.24, 2.45) is 11.3 Å². The summed E-state index contributed by atoms with van der Waals surface area (Å²) in [6.07, 6.45) is 8.23. The minimum atomic E-state index is -1.32. The number of carbonyl (C=O) groups is 6. The van der Waals surface area contributed by atoms with Crippen LogP contribution >= 0.6 is 23.2 Å². The molecule has 12 nitrogen and oxygen atoms in total. The third-order valence-electron chi connectivity index (χ3n) is 16.0. The van der Waals surface area contributed by atoms with Gasteiger partial charge in [0, 0.05) is 76.7 Å². The zero-order valence-corrected chi connectivity index (χ0v) is 38.4. The average Bonchev–Trinajstić information content (AvgIpc) is 3.90. The first-order chi connectivity index (χ1) is 31.7. The van der Waals surface area contributed by atoms with Gasteiger partial charge < -0.3 is 20.4 Å². The van der Waals surface area contributed by atoms with Crippen molar-refractivity contribution in [3.05, 3.63) is 98.3 Å². The van der Waals surface area contributed by atoms with Crippen molar-refractivity contribution >= 4 is 64.3 Å². The summed E-state index contributed by atoms with van der Waals surface area (Å²) in [4.78, 5) is 84.6. The standard InChI is InChI=1S/C51H53Cl2FN6O6/c1-49(22-19-29-7-5-8-33-35(29)28-60(47(33)65)39-17-18-40(61)57-44(39)62)23-25-59(26-24-49)46(64)30-11-14-32(15-12-30)55-45(63)43-41(34-9-6-10-37(53)42(34)54)51(50(58-43)20-3-2-4-21-50)36-16-13-31(52)27-38(36)56-48(51)66/h5-10,13,16,27,30,32,39,41,43,58H,2-4,11-12,14-15,17-18,20-21,23-26,28H2,1H3,(H,55,63)(H,56,66)(H,57,61,62)/t30?,32?,39?,41-,43+,51+/m0/s1. The van der Waals surface area contributed by atoms with Crippen molar-refractivity contribution in [2.75, 3.05) is 18.4 Å². The lowest BCUT2D eigenvalue weighted by Gasteiger charge is -2.47. The molecule has 4 N–H and O–H groups in total. The number of hydrogen-bond acceptors (Lipinski definition) is 7. The van der Waals surface area contributed by atoms with Gasteiger partial charge in [-0.3, -0.25) is 39.4 Å². The smallest absolute Gasteiger partial charge is 0.255 e. The first-order valence-electron chi connectivity index (χ1n) is 23.4. The molecule has 4 atom stereocenters. The lowest BCUT2D eigenvalue weighted by Crippen LogP contribution is -2.60. The molecule has 2 saturated carbocycles. The first-order valence-corrected chi connectivity index (χ1v) is 24.2. The van der Waals surface area contributed by atoms with Crippen LogP contribution in [0.4, 0.5) is 10.1 Å². The predicted molar refractivity (Wildman–Crippen MR) is 246 cm³/mol. The molecule has 0 bridgehead atoms. The Labute approximate surface area is 393 Å². The molecule has 7 aliphatic rings. The minimum Gasteiger partial charge on any atom is -0.352 e. The van der Waals surface area contributed by atoms with E-state index in [9.17, 15) is 28.8 Å². The maximum Gasteiger partial charge on any atom is 0.255 e. The second kappa shape index (κ2) is 17.1. The third kappa shape index (κ3) is 7.39. The molecule has 6 amide bonds. The van der Waals surface area contributed by atoms with Gasteiger partial charge in [0.1, 0.15) is 17.3 Å². The summed E-state index contributed by atoms with van der Waals surface area (Å²) in [7, 11) is 0. The van der Waals surface area contributed by atoms with Gasteiger partial charge in [0.15, 0.2) is 0 Å². The molecule has 2 spiro atoms. The van der Waals surface area contributed by atoms with Gasteiger partial charge >= 0.3 is 0 Å². The highest BCUT2D eigenvalue weighted by Crippen LogP contribution is 2.63. The maximum atomic E-state index is 16.4.